The van der Waals surface area contributed by atoms with Crippen LogP contribution in [0.2, 0.25) is 0 Å². The van der Waals surface area contributed by atoms with E-state index < -0.39 is 38.6 Å². The fraction of sp³-hybridized carbons (Fsp3) is 0.273. The van der Waals surface area contributed by atoms with Crippen molar-refractivity contribution in [2.75, 3.05) is 0 Å². The number of rotatable bonds is 7. The van der Waals surface area contributed by atoms with Crippen LogP contribution in [0.3, 0.4) is 0 Å². The summed E-state index contributed by atoms with van der Waals surface area (Å²) < 4.78 is 15.5. The van der Waals surface area contributed by atoms with Crippen LogP contribution in [0.4, 0.5) is 0 Å². The molecule has 0 spiro atoms. The Morgan fingerprint density at radius 3 is 2.21 bits per heavy atom. The molecule has 3 N–H and O–H groups in total. The van der Waals surface area contributed by atoms with Gasteiger partial charge in [0, 0.05) is 23.0 Å². The third-order valence-corrected chi connectivity index (χ3v) is 2.98. The number of benzene rings is 1. The maximum Gasteiger partial charge on any atom is 0.696 e. The minimum Gasteiger partial charge on any atom is -0.481 e. The molecular weight excluding hydrogens is 275 g/mol. The molecule has 7 nitrogen and oxygen atoms in total. The van der Waals surface area contributed by atoms with Crippen LogP contribution in [0.25, 0.3) is 0 Å². The van der Waals surface area contributed by atoms with Crippen molar-refractivity contribution in [1.82, 2.24) is 0 Å². The molecule has 102 valence electrons. The predicted molar refractivity (Wildman–Crippen MR) is 63.5 cm³/mol. The summed E-state index contributed by atoms with van der Waals surface area (Å²) in [5.74, 6) is -2.74. The summed E-state index contributed by atoms with van der Waals surface area (Å²) in [6, 6.07) is 7.49. The molecule has 1 aromatic rings. The first-order valence-corrected chi connectivity index (χ1v) is 6.37. The number of carboxylic acids is 2. The SMILES string of the molecule is O=C(O)CCC(O[P+](=O)O)(C(=O)O)c1ccccc1. The summed E-state index contributed by atoms with van der Waals surface area (Å²) in [5.41, 5.74) is -2.04. The largest absolute Gasteiger partial charge is 0.696 e. The molecular formula is C11H12O7P+. The van der Waals surface area contributed by atoms with E-state index in [9.17, 15) is 19.3 Å². The van der Waals surface area contributed by atoms with E-state index in [4.69, 9.17) is 10.00 Å². The maximum absolute atomic E-state index is 11.4. The molecule has 0 saturated carbocycles. The fourth-order valence-corrected chi connectivity index (χ4v) is 2.18. The number of carbonyl (C=O) groups is 2. The highest BCUT2D eigenvalue weighted by molar-refractivity contribution is 7.32. The molecule has 19 heavy (non-hydrogen) atoms. The molecule has 0 aromatic heterocycles. The normalized spacial score (nSPS) is 14.5. The van der Waals surface area contributed by atoms with Gasteiger partial charge in [-0.15, -0.1) is 4.89 Å². The number of hydrogen-bond donors (Lipinski definition) is 3. The summed E-state index contributed by atoms with van der Waals surface area (Å²) >= 11 is 0. The first-order valence-electron chi connectivity index (χ1n) is 5.24. The van der Waals surface area contributed by atoms with Gasteiger partial charge in [-0.3, -0.25) is 4.79 Å². The highest BCUT2D eigenvalue weighted by Gasteiger charge is 2.49. The quantitative estimate of drug-likeness (QED) is 0.649. The van der Waals surface area contributed by atoms with Crippen LogP contribution in [0, 0.1) is 0 Å². The Morgan fingerprint density at radius 2 is 1.79 bits per heavy atom. The van der Waals surface area contributed by atoms with Gasteiger partial charge in [-0.2, -0.15) is 0 Å². The Balaban J connectivity index is 3.22. The van der Waals surface area contributed by atoms with E-state index in [2.05, 4.69) is 4.52 Å². The molecule has 0 bridgehead atoms. The van der Waals surface area contributed by atoms with Crippen LogP contribution in [-0.2, 0) is 24.3 Å². The molecule has 0 amide bonds. The Kier molecular flexibility index (Phi) is 5.11. The van der Waals surface area contributed by atoms with Crippen molar-refractivity contribution in [1.29, 1.82) is 0 Å². The number of aliphatic carboxylic acids is 2. The van der Waals surface area contributed by atoms with Crippen molar-refractivity contribution in [3.05, 3.63) is 35.9 Å². The molecule has 0 heterocycles. The number of carboxylic acid groups (broad SMARTS) is 2. The molecule has 1 rings (SSSR count). The summed E-state index contributed by atoms with van der Waals surface area (Å²) in [7, 11) is -3.20. The Labute approximate surface area is 109 Å². The molecule has 2 unspecified atom stereocenters. The lowest BCUT2D eigenvalue weighted by Crippen LogP contribution is -2.37. The van der Waals surface area contributed by atoms with Crippen LogP contribution >= 0.6 is 8.25 Å². The van der Waals surface area contributed by atoms with Gasteiger partial charge >= 0.3 is 20.2 Å². The molecule has 0 aliphatic rings. The van der Waals surface area contributed by atoms with Crippen LogP contribution in [-0.4, -0.2) is 27.0 Å². The monoisotopic (exact) mass is 287 g/mol. The second-order valence-electron chi connectivity index (χ2n) is 3.72. The third-order valence-electron chi connectivity index (χ3n) is 2.51. The van der Waals surface area contributed by atoms with Gasteiger partial charge in [0.15, 0.2) is 0 Å². The van der Waals surface area contributed by atoms with Crippen molar-refractivity contribution in [3.8, 4) is 0 Å². The Hall–Kier alpha value is -1.82. The van der Waals surface area contributed by atoms with Crippen molar-refractivity contribution in [2.45, 2.75) is 18.4 Å². The van der Waals surface area contributed by atoms with E-state index in [1.807, 2.05) is 0 Å². The topological polar surface area (TPSA) is 121 Å². The predicted octanol–water partition coefficient (Wildman–Crippen LogP) is 1.50. The third kappa shape index (κ3) is 3.82. The average Bonchev–Trinajstić information content (AvgIpc) is 2.34. The molecule has 1 aromatic carbocycles. The van der Waals surface area contributed by atoms with E-state index in [-0.39, 0.29) is 5.56 Å². The van der Waals surface area contributed by atoms with Crippen molar-refractivity contribution in [3.63, 3.8) is 0 Å². The molecule has 2 atom stereocenters. The zero-order chi connectivity index (χ0) is 14.5. The van der Waals surface area contributed by atoms with E-state index in [0.717, 1.165) is 0 Å². The smallest absolute Gasteiger partial charge is 0.481 e. The lowest BCUT2D eigenvalue weighted by atomic mass is 9.89. The number of hydrogen-bond acceptors (Lipinski definition) is 4. The van der Waals surface area contributed by atoms with Gasteiger partial charge in [0.2, 0.25) is 5.60 Å². The van der Waals surface area contributed by atoms with Crippen LogP contribution in [0.1, 0.15) is 18.4 Å². The van der Waals surface area contributed by atoms with Gasteiger partial charge in [-0.05, 0) is 0 Å². The van der Waals surface area contributed by atoms with Crippen LogP contribution < -0.4 is 0 Å². The summed E-state index contributed by atoms with van der Waals surface area (Å²) in [4.78, 5) is 30.9. The van der Waals surface area contributed by atoms with Crippen molar-refractivity contribution < 1.29 is 33.8 Å². The molecule has 8 heteroatoms. The van der Waals surface area contributed by atoms with Crippen molar-refractivity contribution in [2.24, 2.45) is 0 Å². The van der Waals surface area contributed by atoms with E-state index in [0.29, 0.717) is 0 Å². The Bertz CT molecular complexity index is 487. The van der Waals surface area contributed by atoms with Crippen molar-refractivity contribution >= 4 is 20.2 Å². The minimum absolute atomic E-state index is 0.112. The van der Waals surface area contributed by atoms with E-state index in [1.54, 1.807) is 6.07 Å². The highest BCUT2D eigenvalue weighted by atomic mass is 31.1. The van der Waals surface area contributed by atoms with Gasteiger partial charge in [0.25, 0.3) is 0 Å². The van der Waals surface area contributed by atoms with Gasteiger partial charge in [-0.25, -0.2) is 4.79 Å². The molecule has 0 aliphatic carbocycles. The van der Waals surface area contributed by atoms with Gasteiger partial charge in [0.05, 0.1) is 0 Å². The molecule has 0 fully saturated rings. The second-order valence-corrected chi connectivity index (χ2v) is 4.38. The first-order chi connectivity index (χ1) is 8.88. The average molecular weight is 287 g/mol. The summed E-state index contributed by atoms with van der Waals surface area (Å²) in [6.07, 6.45) is -0.965. The van der Waals surface area contributed by atoms with Gasteiger partial charge < -0.3 is 10.2 Å². The second kappa shape index (κ2) is 6.38. The minimum atomic E-state index is -3.20. The zero-order valence-electron chi connectivity index (χ0n) is 9.72. The highest BCUT2D eigenvalue weighted by Crippen LogP contribution is 2.38. The van der Waals surface area contributed by atoms with Gasteiger partial charge in [-0.1, -0.05) is 34.9 Å². The lowest BCUT2D eigenvalue weighted by Gasteiger charge is -2.22. The van der Waals surface area contributed by atoms with Gasteiger partial charge in [0.1, 0.15) is 0 Å². The lowest BCUT2D eigenvalue weighted by molar-refractivity contribution is -0.158. The Morgan fingerprint density at radius 1 is 1.21 bits per heavy atom. The maximum atomic E-state index is 11.4. The summed E-state index contributed by atoms with van der Waals surface area (Å²) in [6.45, 7) is 0. The molecule has 0 saturated heterocycles. The summed E-state index contributed by atoms with van der Waals surface area (Å²) in [5, 5.41) is 17.9. The fourth-order valence-electron chi connectivity index (χ4n) is 1.64. The van der Waals surface area contributed by atoms with E-state index in [1.165, 1.54) is 24.3 Å². The van der Waals surface area contributed by atoms with Crippen LogP contribution in [0.15, 0.2) is 30.3 Å². The molecule has 0 aliphatic heterocycles. The standard InChI is InChI=1S/C11H11O7P/c12-9(13)6-7-11(10(14)15,18-19(16)17)8-4-2-1-3-5-8/h1-5H,6-7H2,(H2-,12,13,14,15,16,17)/p+1. The van der Waals surface area contributed by atoms with Crippen LogP contribution in [0.5, 0.6) is 0 Å². The van der Waals surface area contributed by atoms with E-state index >= 15 is 0 Å². The zero-order valence-corrected chi connectivity index (χ0v) is 10.6. The molecule has 0 radical (unpaired) electrons. The first kappa shape index (κ1) is 15.2.